The Kier molecular flexibility index (Phi) is 9.80. The quantitative estimate of drug-likeness (QED) is 0.227. The van der Waals surface area contributed by atoms with Gasteiger partial charge in [-0.2, -0.15) is 26.3 Å². The van der Waals surface area contributed by atoms with E-state index in [2.05, 4.69) is 30.2 Å². The molecule has 0 amide bonds. The summed E-state index contributed by atoms with van der Waals surface area (Å²) in [6.07, 6.45) is -4.09. The zero-order valence-corrected chi connectivity index (χ0v) is 15.4. The molecule has 0 N–H and O–H groups in total. The van der Waals surface area contributed by atoms with Crippen LogP contribution in [0.15, 0.2) is 0 Å². The lowest BCUT2D eigenvalue weighted by Crippen LogP contribution is -2.39. The van der Waals surface area contributed by atoms with Crippen LogP contribution in [-0.2, 0) is 9.47 Å². The number of hydrogen-bond donors (Lipinski definition) is 0. The smallest absolute Gasteiger partial charge is 0.341 e. The molecule has 0 saturated carbocycles. The van der Waals surface area contributed by atoms with Crippen LogP contribution in [0.25, 0.3) is 0 Å². The van der Waals surface area contributed by atoms with Crippen LogP contribution >= 0.6 is 0 Å². The lowest BCUT2D eigenvalue weighted by atomic mass is 9.89. The SMILES string of the molecule is CC(C)(C)CCCCCCCC(C)(OCC(F)(F)F)OCC(F)(F)F. The van der Waals surface area contributed by atoms with E-state index < -0.39 is 31.4 Å². The standard InChI is InChI=1S/C17H30F6O2/c1-14(2,3)10-8-6-5-7-9-11-15(4,24-12-16(18,19)20)25-13-17(21,22)23/h5-13H2,1-4H3. The molecule has 0 aliphatic rings. The molecule has 0 unspecified atom stereocenters. The zero-order valence-electron chi connectivity index (χ0n) is 15.4. The summed E-state index contributed by atoms with van der Waals surface area (Å²) in [7, 11) is 0. The number of unbranched alkanes of at least 4 members (excludes halogenated alkanes) is 4. The van der Waals surface area contributed by atoms with Gasteiger partial charge in [0.05, 0.1) is 0 Å². The Balaban J connectivity index is 4.25. The van der Waals surface area contributed by atoms with Crippen molar-refractivity contribution in [1.82, 2.24) is 0 Å². The van der Waals surface area contributed by atoms with Gasteiger partial charge < -0.3 is 9.47 Å². The van der Waals surface area contributed by atoms with E-state index in [0.717, 1.165) is 32.6 Å². The van der Waals surface area contributed by atoms with Gasteiger partial charge in [0.15, 0.2) is 5.79 Å². The molecule has 0 aliphatic heterocycles. The first-order chi connectivity index (χ1) is 11.1. The lowest BCUT2D eigenvalue weighted by Gasteiger charge is -2.31. The van der Waals surface area contributed by atoms with E-state index in [9.17, 15) is 26.3 Å². The van der Waals surface area contributed by atoms with Crippen molar-refractivity contribution in [2.45, 2.75) is 90.8 Å². The molecule has 0 bridgehead atoms. The summed E-state index contributed by atoms with van der Waals surface area (Å²) in [6, 6.07) is 0. The highest BCUT2D eigenvalue weighted by Crippen LogP contribution is 2.28. The van der Waals surface area contributed by atoms with E-state index in [4.69, 9.17) is 0 Å². The van der Waals surface area contributed by atoms with Crippen LogP contribution in [0.3, 0.4) is 0 Å². The normalized spacial score (nSPS) is 14.2. The molecule has 2 nitrogen and oxygen atoms in total. The highest BCUT2D eigenvalue weighted by atomic mass is 19.4. The maximum absolute atomic E-state index is 12.3. The van der Waals surface area contributed by atoms with Gasteiger partial charge in [-0.15, -0.1) is 0 Å². The molecule has 0 saturated heterocycles. The van der Waals surface area contributed by atoms with Crippen LogP contribution in [0.2, 0.25) is 0 Å². The van der Waals surface area contributed by atoms with Crippen molar-refractivity contribution in [3.05, 3.63) is 0 Å². The fraction of sp³-hybridized carbons (Fsp3) is 1.00. The van der Waals surface area contributed by atoms with E-state index in [-0.39, 0.29) is 11.8 Å². The van der Waals surface area contributed by atoms with Gasteiger partial charge in [0.2, 0.25) is 0 Å². The molecule has 0 aromatic heterocycles. The van der Waals surface area contributed by atoms with Crippen molar-refractivity contribution in [3.8, 4) is 0 Å². The molecular weight excluding hydrogens is 350 g/mol. The zero-order chi connectivity index (χ0) is 19.8. The third-order valence-corrected chi connectivity index (χ3v) is 3.64. The Labute approximate surface area is 146 Å². The third-order valence-electron chi connectivity index (χ3n) is 3.64. The lowest BCUT2D eigenvalue weighted by molar-refractivity contribution is -0.305. The van der Waals surface area contributed by atoms with Crippen LogP contribution in [0.1, 0.15) is 72.6 Å². The molecule has 8 heteroatoms. The second-order valence-corrected chi connectivity index (χ2v) is 7.77. The highest BCUT2D eigenvalue weighted by molar-refractivity contribution is 4.67. The molecule has 152 valence electrons. The Bertz CT molecular complexity index is 340. The second-order valence-electron chi connectivity index (χ2n) is 7.77. The predicted octanol–water partition coefficient (Wildman–Crippen LogP) is 6.64. The summed E-state index contributed by atoms with van der Waals surface area (Å²) in [5, 5.41) is 0. The minimum Gasteiger partial charge on any atom is -0.341 e. The van der Waals surface area contributed by atoms with Crippen molar-refractivity contribution in [3.63, 3.8) is 0 Å². The van der Waals surface area contributed by atoms with Crippen LogP contribution < -0.4 is 0 Å². The number of hydrogen-bond acceptors (Lipinski definition) is 2. The summed E-state index contributed by atoms with van der Waals surface area (Å²) in [5.74, 6) is -1.89. The van der Waals surface area contributed by atoms with Gasteiger partial charge in [0.1, 0.15) is 13.2 Å². The summed E-state index contributed by atoms with van der Waals surface area (Å²) in [5.41, 5.74) is 0.259. The first kappa shape index (κ1) is 24.5. The molecule has 0 spiro atoms. The Morgan fingerprint density at radius 1 is 0.560 bits per heavy atom. The van der Waals surface area contributed by atoms with Gasteiger partial charge >= 0.3 is 12.4 Å². The maximum Gasteiger partial charge on any atom is 0.411 e. The van der Waals surface area contributed by atoms with E-state index >= 15 is 0 Å². The number of alkyl halides is 6. The third kappa shape index (κ3) is 16.7. The van der Waals surface area contributed by atoms with Crippen LogP contribution in [0.4, 0.5) is 26.3 Å². The predicted molar refractivity (Wildman–Crippen MR) is 84.2 cm³/mol. The van der Waals surface area contributed by atoms with Crippen molar-refractivity contribution in [2.75, 3.05) is 13.2 Å². The average Bonchev–Trinajstić information content (AvgIpc) is 2.40. The Hall–Kier alpha value is -0.500. The van der Waals surface area contributed by atoms with Crippen molar-refractivity contribution >= 4 is 0 Å². The summed E-state index contributed by atoms with van der Waals surface area (Å²) in [4.78, 5) is 0. The van der Waals surface area contributed by atoms with Crippen LogP contribution in [-0.4, -0.2) is 31.4 Å². The molecule has 0 aromatic rings. The van der Waals surface area contributed by atoms with E-state index in [1.54, 1.807) is 0 Å². The minimum atomic E-state index is -4.62. The molecule has 0 aliphatic carbocycles. The molecule has 0 aromatic carbocycles. The van der Waals surface area contributed by atoms with Crippen molar-refractivity contribution in [2.24, 2.45) is 5.41 Å². The molecule has 0 heterocycles. The van der Waals surface area contributed by atoms with Gasteiger partial charge in [-0.25, -0.2) is 0 Å². The van der Waals surface area contributed by atoms with Gasteiger partial charge in [0.25, 0.3) is 0 Å². The number of rotatable bonds is 11. The van der Waals surface area contributed by atoms with Crippen LogP contribution in [0, 0.1) is 5.41 Å². The fourth-order valence-electron chi connectivity index (χ4n) is 2.29. The Morgan fingerprint density at radius 3 is 1.28 bits per heavy atom. The summed E-state index contributed by atoms with van der Waals surface area (Å²) < 4.78 is 82.9. The largest absolute Gasteiger partial charge is 0.411 e. The van der Waals surface area contributed by atoms with Crippen LogP contribution in [0.5, 0.6) is 0 Å². The maximum atomic E-state index is 12.3. The van der Waals surface area contributed by atoms with Gasteiger partial charge in [-0.1, -0.05) is 46.5 Å². The first-order valence-electron chi connectivity index (χ1n) is 8.53. The van der Waals surface area contributed by atoms with Gasteiger partial charge in [0, 0.05) is 6.42 Å². The molecule has 0 atom stereocenters. The van der Waals surface area contributed by atoms with Gasteiger partial charge in [-0.05, 0) is 25.2 Å². The highest BCUT2D eigenvalue weighted by Gasteiger charge is 2.38. The monoisotopic (exact) mass is 380 g/mol. The topological polar surface area (TPSA) is 18.5 Å². The molecule has 0 fully saturated rings. The second kappa shape index (κ2) is 10.00. The van der Waals surface area contributed by atoms with Gasteiger partial charge in [-0.3, -0.25) is 0 Å². The van der Waals surface area contributed by atoms with Crippen molar-refractivity contribution < 1.29 is 35.8 Å². The van der Waals surface area contributed by atoms with E-state index in [1.165, 1.54) is 0 Å². The summed E-state index contributed by atoms with van der Waals surface area (Å²) in [6.45, 7) is 4.31. The van der Waals surface area contributed by atoms with E-state index in [1.807, 2.05) is 0 Å². The average molecular weight is 380 g/mol. The first-order valence-corrected chi connectivity index (χ1v) is 8.53. The minimum absolute atomic E-state index is 0.0154. The molecule has 25 heavy (non-hydrogen) atoms. The summed E-state index contributed by atoms with van der Waals surface area (Å²) >= 11 is 0. The Morgan fingerprint density at radius 2 is 0.920 bits per heavy atom. The number of halogens is 6. The van der Waals surface area contributed by atoms with E-state index in [0.29, 0.717) is 12.8 Å². The number of ether oxygens (including phenoxy) is 2. The van der Waals surface area contributed by atoms with Crippen molar-refractivity contribution in [1.29, 1.82) is 0 Å². The molecule has 0 radical (unpaired) electrons. The molecular formula is C17H30F6O2. The fourth-order valence-corrected chi connectivity index (χ4v) is 2.29. The molecule has 0 rings (SSSR count).